The van der Waals surface area contributed by atoms with Gasteiger partial charge in [0.25, 0.3) is 5.56 Å². The second kappa shape index (κ2) is 5.27. The van der Waals surface area contributed by atoms with Crippen molar-refractivity contribution in [1.29, 1.82) is 0 Å². The Hall–Kier alpha value is -2.43. The third-order valence-corrected chi connectivity index (χ3v) is 2.59. The Kier molecular flexibility index (Phi) is 3.52. The molecule has 0 bridgehead atoms. The number of carbonyl (C=O) groups is 1. The molecule has 5 heteroatoms. The highest BCUT2D eigenvalue weighted by molar-refractivity contribution is 5.87. The molecule has 0 unspecified atom stereocenters. The molecular formula is C13H12N2O3. The molecule has 2 aromatic heterocycles. The van der Waals surface area contributed by atoms with Crippen LogP contribution in [0.1, 0.15) is 15.9 Å². The number of aromatic nitrogens is 2. The van der Waals surface area contributed by atoms with Crippen LogP contribution in [0.5, 0.6) is 0 Å². The van der Waals surface area contributed by atoms with Gasteiger partial charge in [0.05, 0.1) is 5.56 Å². The highest BCUT2D eigenvalue weighted by atomic mass is 16.4. The van der Waals surface area contributed by atoms with Crippen molar-refractivity contribution in [3.63, 3.8) is 0 Å². The van der Waals surface area contributed by atoms with E-state index in [1.54, 1.807) is 12.4 Å². The minimum absolute atomic E-state index is 0.112. The Labute approximate surface area is 103 Å². The molecular weight excluding hydrogens is 232 g/mol. The van der Waals surface area contributed by atoms with Crippen molar-refractivity contribution in [2.24, 2.45) is 0 Å². The van der Waals surface area contributed by atoms with Gasteiger partial charge in [-0.25, -0.2) is 4.79 Å². The quantitative estimate of drug-likeness (QED) is 0.876. The van der Waals surface area contributed by atoms with Gasteiger partial charge in [-0.2, -0.15) is 0 Å². The molecule has 18 heavy (non-hydrogen) atoms. The average Bonchev–Trinajstić information content (AvgIpc) is 2.38. The SMILES string of the molecule is O=C(O)c1ccc(=O)n(CCc2cccnc2)c1. The zero-order valence-electron chi connectivity index (χ0n) is 9.61. The van der Waals surface area contributed by atoms with Crippen LogP contribution in [0.3, 0.4) is 0 Å². The molecule has 0 atom stereocenters. The molecule has 2 aromatic rings. The lowest BCUT2D eigenvalue weighted by Crippen LogP contribution is -2.21. The van der Waals surface area contributed by atoms with Crippen LogP contribution in [0, 0.1) is 0 Å². The highest BCUT2D eigenvalue weighted by Gasteiger charge is 2.05. The summed E-state index contributed by atoms with van der Waals surface area (Å²) in [6, 6.07) is 6.32. The fraction of sp³-hybridized carbons (Fsp3) is 0.154. The molecule has 2 rings (SSSR count). The Morgan fingerprint density at radius 3 is 2.83 bits per heavy atom. The minimum atomic E-state index is -1.04. The lowest BCUT2D eigenvalue weighted by molar-refractivity contribution is 0.0696. The van der Waals surface area contributed by atoms with E-state index in [1.807, 2.05) is 12.1 Å². The van der Waals surface area contributed by atoms with E-state index in [2.05, 4.69) is 4.98 Å². The third kappa shape index (κ3) is 2.82. The number of carboxylic acid groups (broad SMARTS) is 1. The van der Waals surface area contributed by atoms with Crippen molar-refractivity contribution in [3.8, 4) is 0 Å². The summed E-state index contributed by atoms with van der Waals surface area (Å²) < 4.78 is 1.40. The van der Waals surface area contributed by atoms with Gasteiger partial charge in [-0.05, 0) is 24.1 Å². The van der Waals surface area contributed by atoms with Gasteiger partial charge in [-0.3, -0.25) is 9.78 Å². The fourth-order valence-corrected chi connectivity index (χ4v) is 1.63. The van der Waals surface area contributed by atoms with Crippen LogP contribution < -0.4 is 5.56 Å². The Morgan fingerprint density at radius 1 is 1.33 bits per heavy atom. The van der Waals surface area contributed by atoms with Crippen LogP contribution in [0.2, 0.25) is 0 Å². The Balaban J connectivity index is 2.16. The van der Waals surface area contributed by atoms with Gasteiger partial charge in [0.15, 0.2) is 0 Å². The molecule has 0 radical (unpaired) electrons. The van der Waals surface area contributed by atoms with E-state index < -0.39 is 5.97 Å². The molecule has 0 saturated carbocycles. The lowest BCUT2D eigenvalue weighted by Gasteiger charge is -2.06. The molecule has 0 aromatic carbocycles. The number of rotatable bonds is 4. The summed E-state index contributed by atoms with van der Waals surface area (Å²) in [5.41, 5.74) is 0.912. The maximum atomic E-state index is 11.6. The van der Waals surface area contributed by atoms with Gasteiger partial charge in [-0.1, -0.05) is 6.07 Å². The van der Waals surface area contributed by atoms with Crippen molar-refractivity contribution in [3.05, 3.63) is 64.3 Å². The smallest absolute Gasteiger partial charge is 0.337 e. The largest absolute Gasteiger partial charge is 0.478 e. The Morgan fingerprint density at radius 2 is 2.17 bits per heavy atom. The van der Waals surface area contributed by atoms with Crippen molar-refractivity contribution in [2.45, 2.75) is 13.0 Å². The van der Waals surface area contributed by atoms with Crippen LogP contribution in [0.15, 0.2) is 47.7 Å². The summed E-state index contributed by atoms with van der Waals surface area (Å²) in [6.45, 7) is 0.436. The average molecular weight is 244 g/mol. The maximum Gasteiger partial charge on any atom is 0.337 e. The van der Waals surface area contributed by atoms with Crippen molar-refractivity contribution >= 4 is 5.97 Å². The van der Waals surface area contributed by atoms with E-state index in [0.717, 1.165) is 5.56 Å². The number of aryl methyl sites for hydroxylation is 2. The number of aromatic carboxylic acids is 1. The minimum Gasteiger partial charge on any atom is -0.478 e. The second-order valence-corrected chi connectivity index (χ2v) is 3.87. The predicted molar refractivity (Wildman–Crippen MR) is 65.6 cm³/mol. The van der Waals surface area contributed by atoms with Gasteiger partial charge >= 0.3 is 5.97 Å². The van der Waals surface area contributed by atoms with Crippen LogP contribution >= 0.6 is 0 Å². The third-order valence-electron chi connectivity index (χ3n) is 2.59. The number of hydrogen-bond acceptors (Lipinski definition) is 3. The summed E-state index contributed by atoms with van der Waals surface area (Å²) in [4.78, 5) is 26.4. The first kappa shape index (κ1) is 12.0. The molecule has 0 aliphatic carbocycles. The van der Waals surface area contributed by atoms with E-state index in [0.29, 0.717) is 13.0 Å². The zero-order chi connectivity index (χ0) is 13.0. The molecule has 0 amide bonds. The molecule has 1 N–H and O–H groups in total. The predicted octanol–water partition coefficient (Wildman–Crippen LogP) is 1.18. The number of pyridine rings is 2. The number of hydrogen-bond donors (Lipinski definition) is 1. The first-order chi connectivity index (χ1) is 8.66. The summed E-state index contributed by atoms with van der Waals surface area (Å²) >= 11 is 0. The summed E-state index contributed by atoms with van der Waals surface area (Å²) in [7, 11) is 0. The number of carboxylic acids is 1. The molecule has 0 saturated heterocycles. The summed E-state index contributed by atoms with van der Waals surface area (Å²) in [6.07, 6.45) is 5.41. The first-order valence-corrected chi connectivity index (χ1v) is 5.49. The summed E-state index contributed by atoms with van der Waals surface area (Å²) in [5, 5.41) is 8.86. The summed E-state index contributed by atoms with van der Waals surface area (Å²) in [5.74, 6) is -1.04. The van der Waals surface area contributed by atoms with E-state index in [9.17, 15) is 9.59 Å². The lowest BCUT2D eigenvalue weighted by atomic mass is 10.2. The van der Waals surface area contributed by atoms with Crippen LogP contribution in [-0.2, 0) is 13.0 Å². The van der Waals surface area contributed by atoms with E-state index in [4.69, 9.17) is 5.11 Å². The topological polar surface area (TPSA) is 72.2 Å². The first-order valence-electron chi connectivity index (χ1n) is 5.49. The molecule has 0 aliphatic rings. The van der Waals surface area contributed by atoms with Gasteiger partial charge in [0.1, 0.15) is 0 Å². The molecule has 5 nitrogen and oxygen atoms in total. The van der Waals surface area contributed by atoms with Gasteiger partial charge in [-0.15, -0.1) is 0 Å². The zero-order valence-corrected chi connectivity index (χ0v) is 9.61. The highest BCUT2D eigenvalue weighted by Crippen LogP contribution is 2.00. The van der Waals surface area contributed by atoms with Gasteiger partial charge < -0.3 is 9.67 Å². The van der Waals surface area contributed by atoms with Gasteiger partial charge in [0.2, 0.25) is 0 Å². The molecule has 0 aliphatic heterocycles. The fourth-order valence-electron chi connectivity index (χ4n) is 1.63. The van der Waals surface area contributed by atoms with E-state index in [1.165, 1.54) is 22.9 Å². The van der Waals surface area contributed by atoms with Crippen LogP contribution in [0.4, 0.5) is 0 Å². The van der Waals surface area contributed by atoms with E-state index in [-0.39, 0.29) is 11.1 Å². The second-order valence-electron chi connectivity index (χ2n) is 3.87. The molecule has 0 spiro atoms. The molecule has 0 fully saturated rings. The number of nitrogens with zero attached hydrogens (tertiary/aromatic N) is 2. The van der Waals surface area contributed by atoms with Gasteiger partial charge in [0, 0.05) is 31.2 Å². The monoisotopic (exact) mass is 244 g/mol. The molecule has 2 heterocycles. The van der Waals surface area contributed by atoms with Crippen LogP contribution in [-0.4, -0.2) is 20.6 Å². The Bertz CT molecular complexity index is 605. The van der Waals surface area contributed by atoms with Crippen molar-refractivity contribution in [1.82, 2.24) is 9.55 Å². The van der Waals surface area contributed by atoms with Crippen LogP contribution in [0.25, 0.3) is 0 Å². The van der Waals surface area contributed by atoms with Crippen molar-refractivity contribution < 1.29 is 9.90 Å². The van der Waals surface area contributed by atoms with E-state index >= 15 is 0 Å². The van der Waals surface area contributed by atoms with Crippen molar-refractivity contribution in [2.75, 3.05) is 0 Å². The molecule has 92 valence electrons. The maximum absolute atomic E-state index is 11.6. The standard InChI is InChI=1S/C13H12N2O3/c16-12-4-3-11(13(17)18)9-15(12)7-5-10-2-1-6-14-8-10/h1-4,6,8-9H,5,7H2,(H,17,18). The normalized spacial score (nSPS) is 10.2.